The summed E-state index contributed by atoms with van der Waals surface area (Å²) in [7, 11) is 3.16. The number of rotatable bonds is 7. The van der Waals surface area contributed by atoms with E-state index >= 15 is 0 Å². The van der Waals surface area contributed by atoms with Gasteiger partial charge in [0.1, 0.15) is 0 Å². The van der Waals surface area contributed by atoms with Crippen LogP contribution in [0.1, 0.15) is 22.7 Å². The Bertz CT molecular complexity index is 1020. The molecule has 0 saturated heterocycles. The number of hydrogen-bond acceptors (Lipinski definition) is 5. The van der Waals surface area contributed by atoms with Crippen LogP contribution in [0.5, 0.6) is 11.5 Å². The van der Waals surface area contributed by atoms with Crippen molar-refractivity contribution in [2.75, 3.05) is 32.6 Å². The topological polar surface area (TPSA) is 62.8 Å². The molecule has 0 spiro atoms. The molecule has 31 heavy (non-hydrogen) atoms. The maximum Gasteiger partial charge on any atom is 0.319 e. The van der Waals surface area contributed by atoms with Gasteiger partial charge in [-0.3, -0.25) is 4.90 Å². The van der Waals surface area contributed by atoms with Crippen LogP contribution in [-0.2, 0) is 13.0 Å². The van der Waals surface area contributed by atoms with Crippen molar-refractivity contribution in [1.29, 1.82) is 0 Å². The molecule has 0 aliphatic carbocycles. The minimum absolute atomic E-state index is 0.121. The molecular weight excluding hydrogens is 410 g/mol. The van der Waals surface area contributed by atoms with E-state index in [2.05, 4.69) is 56.6 Å². The zero-order chi connectivity index (χ0) is 21.6. The fourth-order valence-corrected chi connectivity index (χ4v) is 4.69. The lowest BCUT2D eigenvalue weighted by atomic mass is 9.97. The number of methoxy groups -OCH3 is 2. The Balaban J connectivity index is 1.42. The van der Waals surface area contributed by atoms with Crippen LogP contribution in [-0.4, -0.2) is 38.2 Å². The van der Waals surface area contributed by atoms with Crippen molar-refractivity contribution in [3.05, 3.63) is 76.0 Å². The van der Waals surface area contributed by atoms with Crippen LogP contribution in [0.4, 0.5) is 10.5 Å². The number of carbonyl (C=O) groups excluding carboxylic acids is 1. The summed E-state index contributed by atoms with van der Waals surface area (Å²) in [6.45, 7) is 2.38. The number of ether oxygens (including phenoxy) is 2. The van der Waals surface area contributed by atoms with Gasteiger partial charge in [-0.25, -0.2) is 4.79 Å². The number of thiophene rings is 1. The summed E-state index contributed by atoms with van der Waals surface area (Å²) in [5, 5.41) is 10.2. The normalized spacial score (nSPS) is 14.4. The number of fused-ring (bicyclic) bond motifs is 1. The highest BCUT2D eigenvalue weighted by Crippen LogP contribution is 2.30. The molecule has 0 radical (unpaired) electrons. The molecule has 1 aliphatic heterocycles. The van der Waals surface area contributed by atoms with Gasteiger partial charge in [-0.2, -0.15) is 11.3 Å². The molecule has 0 saturated carbocycles. The first-order valence-corrected chi connectivity index (χ1v) is 11.2. The van der Waals surface area contributed by atoms with E-state index in [4.69, 9.17) is 9.47 Å². The number of anilines is 1. The molecule has 1 atom stereocenters. The van der Waals surface area contributed by atoms with Crippen LogP contribution in [0.25, 0.3) is 0 Å². The summed E-state index contributed by atoms with van der Waals surface area (Å²) in [5.41, 5.74) is 4.66. The molecule has 7 heteroatoms. The second kappa shape index (κ2) is 9.85. The van der Waals surface area contributed by atoms with Crippen molar-refractivity contribution in [1.82, 2.24) is 10.2 Å². The van der Waals surface area contributed by atoms with Crippen LogP contribution in [0.15, 0.2) is 59.3 Å². The zero-order valence-electron chi connectivity index (χ0n) is 17.8. The van der Waals surface area contributed by atoms with Crippen LogP contribution in [0.3, 0.4) is 0 Å². The first-order chi connectivity index (χ1) is 15.2. The monoisotopic (exact) mass is 437 g/mol. The summed E-state index contributed by atoms with van der Waals surface area (Å²) in [4.78, 5) is 15.1. The Morgan fingerprint density at radius 1 is 1.10 bits per heavy atom. The van der Waals surface area contributed by atoms with Crippen molar-refractivity contribution in [2.45, 2.75) is 19.0 Å². The standard InChI is InChI=1S/C24H27N3O3S/c1-29-22-8-7-20(13-23(22)30-2)26-24(28)25-14-21(19-10-12-31-16-19)27-11-9-17-5-3-4-6-18(17)15-27/h3-8,10,12-13,16,21H,9,11,14-15H2,1-2H3,(H2,25,26,28). The smallest absolute Gasteiger partial charge is 0.319 e. The van der Waals surface area contributed by atoms with E-state index in [0.717, 1.165) is 19.5 Å². The van der Waals surface area contributed by atoms with Crippen molar-refractivity contribution < 1.29 is 14.3 Å². The first kappa shape index (κ1) is 21.2. The molecule has 0 bridgehead atoms. The van der Waals surface area contributed by atoms with Gasteiger partial charge >= 0.3 is 6.03 Å². The number of nitrogens with zero attached hydrogens (tertiary/aromatic N) is 1. The maximum absolute atomic E-state index is 12.6. The Hall–Kier alpha value is -3.03. The van der Waals surface area contributed by atoms with Gasteiger partial charge < -0.3 is 20.1 Å². The van der Waals surface area contributed by atoms with Crippen LogP contribution in [0.2, 0.25) is 0 Å². The summed E-state index contributed by atoms with van der Waals surface area (Å²) >= 11 is 1.68. The lowest BCUT2D eigenvalue weighted by molar-refractivity contribution is 0.176. The predicted molar refractivity (Wildman–Crippen MR) is 124 cm³/mol. The van der Waals surface area contributed by atoms with Gasteiger partial charge in [-0.15, -0.1) is 0 Å². The maximum atomic E-state index is 12.6. The third kappa shape index (κ3) is 5.00. The lowest BCUT2D eigenvalue weighted by Crippen LogP contribution is -2.41. The molecular formula is C24H27N3O3S. The van der Waals surface area contributed by atoms with Gasteiger partial charge in [-0.05, 0) is 52.1 Å². The van der Waals surface area contributed by atoms with Crippen LogP contribution in [0, 0.1) is 0 Å². The van der Waals surface area contributed by atoms with E-state index in [1.807, 2.05) is 0 Å². The molecule has 6 nitrogen and oxygen atoms in total. The van der Waals surface area contributed by atoms with Crippen LogP contribution < -0.4 is 20.1 Å². The average Bonchev–Trinajstić information content (AvgIpc) is 3.33. The lowest BCUT2D eigenvalue weighted by Gasteiger charge is -2.35. The SMILES string of the molecule is COc1ccc(NC(=O)NCC(c2ccsc2)N2CCc3ccccc3C2)cc1OC. The number of benzene rings is 2. The third-order valence-corrected chi connectivity index (χ3v) is 6.33. The van der Waals surface area contributed by atoms with Gasteiger partial charge in [0.15, 0.2) is 11.5 Å². The fourth-order valence-electron chi connectivity index (χ4n) is 3.98. The van der Waals surface area contributed by atoms with E-state index < -0.39 is 0 Å². The predicted octanol–water partition coefficient (Wildman–Crippen LogP) is 4.69. The minimum Gasteiger partial charge on any atom is -0.493 e. The van der Waals surface area contributed by atoms with E-state index in [9.17, 15) is 4.79 Å². The van der Waals surface area contributed by atoms with Crippen LogP contribution >= 0.6 is 11.3 Å². The Morgan fingerprint density at radius 3 is 2.65 bits per heavy atom. The summed E-state index contributed by atoms with van der Waals surface area (Å²) in [6.07, 6.45) is 1.02. The molecule has 4 rings (SSSR count). The van der Waals surface area contributed by atoms with Gasteiger partial charge in [0, 0.05) is 31.4 Å². The highest BCUT2D eigenvalue weighted by molar-refractivity contribution is 7.08. The summed E-state index contributed by atoms with van der Waals surface area (Å²) < 4.78 is 10.6. The minimum atomic E-state index is -0.246. The van der Waals surface area contributed by atoms with Gasteiger partial charge in [0.2, 0.25) is 0 Å². The Morgan fingerprint density at radius 2 is 1.90 bits per heavy atom. The third-order valence-electron chi connectivity index (χ3n) is 5.63. The molecule has 1 unspecified atom stereocenters. The van der Waals surface area contributed by atoms with E-state index in [1.165, 1.54) is 16.7 Å². The van der Waals surface area contributed by atoms with E-state index in [0.29, 0.717) is 23.7 Å². The number of hydrogen-bond donors (Lipinski definition) is 2. The highest BCUT2D eigenvalue weighted by atomic mass is 32.1. The molecule has 0 fully saturated rings. The fraction of sp³-hybridized carbons (Fsp3) is 0.292. The Labute approximate surface area is 186 Å². The van der Waals surface area contributed by atoms with Crippen molar-refractivity contribution in [3.63, 3.8) is 0 Å². The first-order valence-electron chi connectivity index (χ1n) is 10.3. The Kier molecular flexibility index (Phi) is 6.74. The molecule has 1 aromatic heterocycles. The molecule has 2 amide bonds. The molecule has 2 heterocycles. The zero-order valence-corrected chi connectivity index (χ0v) is 18.6. The van der Waals surface area contributed by atoms with Gasteiger partial charge in [0.05, 0.1) is 20.3 Å². The average molecular weight is 438 g/mol. The number of nitrogens with one attached hydrogen (secondary N) is 2. The number of amides is 2. The van der Waals surface area contributed by atoms with Crippen molar-refractivity contribution in [3.8, 4) is 11.5 Å². The van der Waals surface area contributed by atoms with Crippen molar-refractivity contribution >= 4 is 23.1 Å². The highest BCUT2D eigenvalue weighted by Gasteiger charge is 2.25. The molecule has 2 N–H and O–H groups in total. The summed E-state index contributed by atoms with van der Waals surface area (Å²) in [6, 6.07) is 15.9. The molecule has 1 aliphatic rings. The second-order valence-corrected chi connectivity index (χ2v) is 8.25. The molecule has 2 aromatic carbocycles. The number of urea groups is 1. The van der Waals surface area contributed by atoms with Crippen molar-refractivity contribution in [2.24, 2.45) is 0 Å². The van der Waals surface area contributed by atoms with E-state index in [-0.39, 0.29) is 12.1 Å². The van der Waals surface area contributed by atoms with Gasteiger partial charge in [-0.1, -0.05) is 24.3 Å². The molecule has 162 valence electrons. The van der Waals surface area contributed by atoms with E-state index in [1.54, 1.807) is 43.8 Å². The largest absolute Gasteiger partial charge is 0.493 e. The van der Waals surface area contributed by atoms with Gasteiger partial charge in [0.25, 0.3) is 0 Å². The number of carbonyl (C=O) groups is 1. The quantitative estimate of drug-likeness (QED) is 0.563. The molecule has 3 aromatic rings. The second-order valence-electron chi connectivity index (χ2n) is 7.47. The summed E-state index contributed by atoms with van der Waals surface area (Å²) in [5.74, 6) is 1.19.